The highest BCUT2D eigenvalue weighted by Crippen LogP contribution is 2.24. The van der Waals surface area contributed by atoms with Crippen LogP contribution in [0.3, 0.4) is 0 Å². The second kappa shape index (κ2) is 2.42. The topological polar surface area (TPSA) is 76.1 Å². The Balaban J connectivity index is 1.96. The lowest BCUT2D eigenvalue weighted by atomic mass is 9.83. The van der Waals surface area contributed by atoms with E-state index in [2.05, 4.69) is 10.6 Å². The first-order chi connectivity index (χ1) is 5.23. The Morgan fingerprint density at radius 3 is 2.27 bits per heavy atom. The Morgan fingerprint density at radius 2 is 1.91 bits per heavy atom. The van der Waals surface area contributed by atoms with Crippen LogP contribution in [0.25, 0.3) is 0 Å². The molecule has 2 rings (SSSR count). The van der Waals surface area contributed by atoms with Crippen LogP contribution < -0.4 is 22.1 Å². The third kappa shape index (κ3) is 1.06. The van der Waals surface area contributed by atoms with Gasteiger partial charge < -0.3 is 11.5 Å². The summed E-state index contributed by atoms with van der Waals surface area (Å²) in [6.07, 6.45) is 2.14. The zero-order valence-electron chi connectivity index (χ0n) is 6.64. The minimum Gasteiger partial charge on any atom is -0.327 e. The fraction of sp³-hybridized carbons (Fsp3) is 1.00. The van der Waals surface area contributed by atoms with Gasteiger partial charge in [0.1, 0.15) is 0 Å². The third-order valence-corrected chi connectivity index (χ3v) is 2.86. The van der Waals surface area contributed by atoms with Crippen molar-refractivity contribution in [2.75, 3.05) is 13.1 Å². The molecule has 0 aromatic rings. The van der Waals surface area contributed by atoms with Crippen molar-refractivity contribution in [3.05, 3.63) is 0 Å². The van der Waals surface area contributed by atoms with Crippen LogP contribution in [-0.2, 0) is 0 Å². The van der Waals surface area contributed by atoms with E-state index in [0.717, 1.165) is 25.9 Å². The molecule has 2 heterocycles. The van der Waals surface area contributed by atoms with E-state index in [0.29, 0.717) is 6.04 Å². The van der Waals surface area contributed by atoms with Crippen molar-refractivity contribution in [2.45, 2.75) is 30.6 Å². The van der Waals surface area contributed by atoms with Crippen LogP contribution in [-0.4, -0.2) is 30.8 Å². The van der Waals surface area contributed by atoms with E-state index in [1.165, 1.54) is 0 Å². The second-order valence-corrected chi connectivity index (χ2v) is 3.64. The van der Waals surface area contributed by atoms with Crippen LogP contribution >= 0.6 is 0 Å². The van der Waals surface area contributed by atoms with Gasteiger partial charge in [-0.15, -0.1) is 0 Å². The molecule has 0 amide bonds. The average molecular weight is 156 g/mol. The molecule has 0 radical (unpaired) electrons. The zero-order valence-corrected chi connectivity index (χ0v) is 6.64. The van der Waals surface area contributed by atoms with Crippen LogP contribution in [0.15, 0.2) is 0 Å². The van der Waals surface area contributed by atoms with E-state index >= 15 is 0 Å². The highest BCUT2D eigenvalue weighted by Gasteiger charge is 2.45. The summed E-state index contributed by atoms with van der Waals surface area (Å²) in [5, 5.41) is 6.71. The van der Waals surface area contributed by atoms with Crippen molar-refractivity contribution in [1.82, 2.24) is 10.6 Å². The molecule has 1 spiro atoms. The summed E-state index contributed by atoms with van der Waals surface area (Å²) in [4.78, 5) is 0. The molecule has 0 aliphatic carbocycles. The lowest BCUT2D eigenvalue weighted by Gasteiger charge is -2.52. The third-order valence-electron chi connectivity index (χ3n) is 2.86. The van der Waals surface area contributed by atoms with Gasteiger partial charge in [-0.2, -0.15) is 0 Å². The molecular weight excluding hydrogens is 140 g/mol. The molecule has 2 aliphatic heterocycles. The Morgan fingerprint density at radius 1 is 1.18 bits per heavy atom. The van der Waals surface area contributed by atoms with Crippen LogP contribution in [0.4, 0.5) is 0 Å². The van der Waals surface area contributed by atoms with Gasteiger partial charge in [-0.25, -0.2) is 0 Å². The molecular formula is C7H16N4. The normalized spacial score (nSPS) is 50.7. The quantitative estimate of drug-likeness (QED) is 0.338. The summed E-state index contributed by atoms with van der Waals surface area (Å²) >= 11 is 0. The van der Waals surface area contributed by atoms with Crippen molar-refractivity contribution >= 4 is 0 Å². The Hall–Kier alpha value is -0.160. The second-order valence-electron chi connectivity index (χ2n) is 3.64. The summed E-state index contributed by atoms with van der Waals surface area (Å²) in [5.41, 5.74) is 11.7. The summed E-state index contributed by atoms with van der Waals surface area (Å²) < 4.78 is 0. The minimum atomic E-state index is 0.0376. The maximum absolute atomic E-state index is 5.87. The molecule has 0 bridgehead atoms. The van der Waals surface area contributed by atoms with E-state index in [1.807, 2.05) is 0 Å². The van der Waals surface area contributed by atoms with E-state index in [1.54, 1.807) is 0 Å². The molecule has 0 saturated carbocycles. The van der Waals surface area contributed by atoms with Gasteiger partial charge in [-0.3, -0.25) is 10.6 Å². The lowest BCUT2D eigenvalue weighted by Crippen LogP contribution is -2.81. The predicted octanol–water partition coefficient (Wildman–Crippen LogP) is -1.68. The molecule has 0 aromatic heterocycles. The largest absolute Gasteiger partial charge is 0.327 e. The molecule has 11 heavy (non-hydrogen) atoms. The standard InChI is InChI=1S/C7H16N4/c8-5-1-2-7(10-3-5)6(9)4-11-7/h5-6,10-11H,1-4,8-9H2. The smallest absolute Gasteiger partial charge is 0.0857 e. The first-order valence-corrected chi connectivity index (χ1v) is 4.24. The van der Waals surface area contributed by atoms with Gasteiger partial charge in [0.2, 0.25) is 0 Å². The SMILES string of the molecule is NC1CCC2(NC1)NCC2N. The fourth-order valence-electron chi connectivity index (χ4n) is 1.85. The predicted molar refractivity (Wildman–Crippen MR) is 43.9 cm³/mol. The maximum Gasteiger partial charge on any atom is 0.0857 e. The highest BCUT2D eigenvalue weighted by molar-refractivity contribution is 5.07. The van der Waals surface area contributed by atoms with Crippen LogP contribution in [0.1, 0.15) is 12.8 Å². The van der Waals surface area contributed by atoms with Gasteiger partial charge in [0.25, 0.3) is 0 Å². The lowest BCUT2D eigenvalue weighted by molar-refractivity contribution is 0.0793. The Kier molecular flexibility index (Phi) is 1.64. The van der Waals surface area contributed by atoms with Crippen molar-refractivity contribution in [2.24, 2.45) is 11.5 Å². The molecule has 4 heteroatoms. The van der Waals surface area contributed by atoms with E-state index in [9.17, 15) is 0 Å². The number of rotatable bonds is 0. The van der Waals surface area contributed by atoms with Gasteiger partial charge in [0.15, 0.2) is 0 Å². The van der Waals surface area contributed by atoms with Gasteiger partial charge >= 0.3 is 0 Å². The maximum atomic E-state index is 5.87. The monoisotopic (exact) mass is 156 g/mol. The molecule has 2 saturated heterocycles. The van der Waals surface area contributed by atoms with Gasteiger partial charge in [-0.1, -0.05) is 0 Å². The van der Waals surface area contributed by atoms with Crippen molar-refractivity contribution in [1.29, 1.82) is 0 Å². The number of piperidine rings is 1. The molecule has 3 unspecified atom stereocenters. The van der Waals surface area contributed by atoms with Gasteiger partial charge in [0, 0.05) is 25.2 Å². The first-order valence-electron chi connectivity index (χ1n) is 4.24. The zero-order chi connectivity index (χ0) is 7.90. The van der Waals surface area contributed by atoms with Crippen LogP contribution in [0.5, 0.6) is 0 Å². The molecule has 4 nitrogen and oxygen atoms in total. The van der Waals surface area contributed by atoms with Crippen LogP contribution in [0, 0.1) is 0 Å². The molecule has 0 aromatic carbocycles. The average Bonchev–Trinajstić information content (AvgIpc) is 2.03. The number of nitrogens with two attached hydrogens (primary N) is 2. The van der Waals surface area contributed by atoms with E-state index in [-0.39, 0.29) is 11.7 Å². The van der Waals surface area contributed by atoms with Crippen molar-refractivity contribution in [3.63, 3.8) is 0 Å². The first kappa shape index (κ1) is 7.49. The molecule has 2 aliphatic rings. The van der Waals surface area contributed by atoms with Gasteiger partial charge in [0.05, 0.1) is 5.66 Å². The summed E-state index contributed by atoms with van der Waals surface area (Å²) in [5.74, 6) is 0. The van der Waals surface area contributed by atoms with Crippen LogP contribution in [0.2, 0.25) is 0 Å². The molecule has 64 valence electrons. The summed E-state index contributed by atoms with van der Waals surface area (Å²) in [7, 11) is 0. The molecule has 3 atom stereocenters. The van der Waals surface area contributed by atoms with Gasteiger partial charge in [-0.05, 0) is 12.8 Å². The van der Waals surface area contributed by atoms with E-state index in [4.69, 9.17) is 11.5 Å². The fourth-order valence-corrected chi connectivity index (χ4v) is 1.85. The Bertz CT molecular complexity index is 151. The van der Waals surface area contributed by atoms with E-state index < -0.39 is 0 Å². The number of hydrogen-bond donors (Lipinski definition) is 4. The molecule has 6 N–H and O–H groups in total. The minimum absolute atomic E-state index is 0.0376. The molecule has 2 fully saturated rings. The Labute approximate surface area is 66.7 Å². The number of nitrogens with one attached hydrogen (secondary N) is 2. The highest BCUT2D eigenvalue weighted by atomic mass is 15.3. The number of hydrogen-bond acceptors (Lipinski definition) is 4. The van der Waals surface area contributed by atoms with Crippen molar-refractivity contribution in [3.8, 4) is 0 Å². The summed E-state index contributed by atoms with van der Waals surface area (Å²) in [6.45, 7) is 1.82. The summed E-state index contributed by atoms with van der Waals surface area (Å²) in [6, 6.07) is 0.588. The van der Waals surface area contributed by atoms with Crippen molar-refractivity contribution < 1.29 is 0 Å².